The van der Waals surface area contributed by atoms with Gasteiger partial charge in [-0.05, 0) is 95.3 Å². The number of aryl methyl sites for hydroxylation is 4. The lowest BCUT2D eigenvalue weighted by Gasteiger charge is -2.47. The number of benzene rings is 1. The van der Waals surface area contributed by atoms with Crippen molar-refractivity contribution in [2.24, 2.45) is 0 Å². The molecule has 0 atom stereocenters. The number of amides is 1. The second kappa shape index (κ2) is 10.0. The highest BCUT2D eigenvalue weighted by atomic mass is 19.1. The normalized spacial score (nSPS) is 15.8. The van der Waals surface area contributed by atoms with E-state index < -0.39 is 5.54 Å². The molecule has 194 valence electrons. The van der Waals surface area contributed by atoms with Crippen LogP contribution in [0.15, 0.2) is 36.5 Å². The van der Waals surface area contributed by atoms with Crippen molar-refractivity contribution < 1.29 is 9.18 Å². The van der Waals surface area contributed by atoms with E-state index >= 15 is 0 Å². The molecule has 37 heavy (non-hydrogen) atoms. The standard InChI is InChI=1S/C30H36FN5O/c1-9-24(23-11-10-18(2)26(31)15-23)25-16-32-28(34-22(25)6)29(37)36-13-12-35(17-30(36,7)8)27-14-19(3)20(4)21(5)33-27/h9-11,14-16H,12-13,17H2,1-8H3/b24-9-. The summed E-state index contributed by atoms with van der Waals surface area (Å²) in [5.74, 6) is 0.679. The van der Waals surface area contributed by atoms with Crippen LogP contribution in [0.1, 0.15) is 70.6 Å². The van der Waals surface area contributed by atoms with Gasteiger partial charge < -0.3 is 9.80 Å². The zero-order chi connectivity index (χ0) is 27.1. The van der Waals surface area contributed by atoms with E-state index in [0.29, 0.717) is 30.9 Å². The van der Waals surface area contributed by atoms with E-state index in [0.717, 1.165) is 28.2 Å². The molecule has 0 bridgehead atoms. The van der Waals surface area contributed by atoms with Gasteiger partial charge in [-0.25, -0.2) is 19.3 Å². The Morgan fingerprint density at radius 3 is 2.32 bits per heavy atom. The topological polar surface area (TPSA) is 62.2 Å². The molecule has 1 aromatic carbocycles. The molecule has 2 aromatic heterocycles. The monoisotopic (exact) mass is 501 g/mol. The largest absolute Gasteiger partial charge is 0.352 e. The van der Waals surface area contributed by atoms with Crippen LogP contribution in [0.5, 0.6) is 0 Å². The maximum Gasteiger partial charge on any atom is 0.292 e. The van der Waals surface area contributed by atoms with E-state index in [2.05, 4.69) is 48.6 Å². The molecule has 0 radical (unpaired) electrons. The number of nitrogens with zero attached hydrogens (tertiary/aromatic N) is 5. The number of aromatic nitrogens is 3. The van der Waals surface area contributed by atoms with Gasteiger partial charge in [0.1, 0.15) is 11.6 Å². The summed E-state index contributed by atoms with van der Waals surface area (Å²) >= 11 is 0. The second-order valence-corrected chi connectivity index (χ2v) is 10.6. The fourth-order valence-electron chi connectivity index (χ4n) is 4.96. The molecule has 0 unspecified atom stereocenters. The van der Waals surface area contributed by atoms with Crippen LogP contribution in [0.3, 0.4) is 0 Å². The number of carbonyl (C=O) groups excluding carboxylic acids is 1. The van der Waals surface area contributed by atoms with Gasteiger partial charge in [0.05, 0.1) is 5.54 Å². The minimum atomic E-state index is -0.437. The van der Waals surface area contributed by atoms with E-state index in [4.69, 9.17) is 4.98 Å². The Bertz CT molecular complexity index is 1370. The molecule has 1 aliphatic heterocycles. The van der Waals surface area contributed by atoms with Crippen molar-refractivity contribution >= 4 is 17.3 Å². The summed E-state index contributed by atoms with van der Waals surface area (Å²) in [5.41, 5.74) is 6.67. The SMILES string of the molecule is C/C=C(/c1ccc(C)c(F)c1)c1cnc(C(=O)N2CCN(c3cc(C)c(C)c(C)n3)CC2(C)C)nc1C. The molecule has 0 spiro atoms. The third-order valence-corrected chi connectivity index (χ3v) is 7.47. The average Bonchev–Trinajstić information content (AvgIpc) is 2.84. The first-order chi connectivity index (χ1) is 17.4. The molecule has 7 heteroatoms. The van der Waals surface area contributed by atoms with E-state index in [9.17, 15) is 9.18 Å². The minimum absolute atomic E-state index is 0.175. The molecule has 1 aliphatic rings. The molecule has 3 aromatic rings. The highest BCUT2D eigenvalue weighted by Crippen LogP contribution is 2.29. The summed E-state index contributed by atoms with van der Waals surface area (Å²) in [4.78, 5) is 31.5. The molecular formula is C30H36FN5O. The first kappa shape index (κ1) is 26.5. The quantitative estimate of drug-likeness (QED) is 0.456. The predicted octanol–water partition coefficient (Wildman–Crippen LogP) is 5.75. The van der Waals surface area contributed by atoms with Crippen LogP contribution < -0.4 is 4.90 Å². The third kappa shape index (κ3) is 5.13. The molecular weight excluding hydrogens is 465 g/mol. The van der Waals surface area contributed by atoms with Crippen molar-refractivity contribution in [3.8, 4) is 0 Å². The number of allylic oxidation sites excluding steroid dienone is 1. The van der Waals surface area contributed by atoms with Gasteiger partial charge in [0.25, 0.3) is 5.91 Å². The number of hydrogen-bond donors (Lipinski definition) is 0. The van der Waals surface area contributed by atoms with Crippen LogP contribution in [-0.4, -0.2) is 50.9 Å². The van der Waals surface area contributed by atoms with Gasteiger partial charge >= 0.3 is 0 Å². The number of hydrogen-bond acceptors (Lipinski definition) is 5. The maximum atomic E-state index is 14.2. The summed E-state index contributed by atoms with van der Waals surface area (Å²) < 4.78 is 14.2. The lowest BCUT2D eigenvalue weighted by Crippen LogP contribution is -2.61. The van der Waals surface area contributed by atoms with Crippen molar-refractivity contribution in [3.63, 3.8) is 0 Å². The van der Waals surface area contributed by atoms with E-state index in [1.165, 1.54) is 17.2 Å². The van der Waals surface area contributed by atoms with Crippen LogP contribution in [0, 0.1) is 40.4 Å². The Balaban J connectivity index is 1.56. The number of carbonyl (C=O) groups is 1. The molecule has 0 saturated carbocycles. The van der Waals surface area contributed by atoms with E-state index in [-0.39, 0.29) is 17.5 Å². The Hall–Kier alpha value is -3.61. The molecule has 4 rings (SSSR count). The first-order valence-electron chi connectivity index (χ1n) is 12.7. The van der Waals surface area contributed by atoms with E-state index in [1.807, 2.05) is 37.8 Å². The molecule has 0 aliphatic carbocycles. The summed E-state index contributed by atoms with van der Waals surface area (Å²) in [6.45, 7) is 17.8. The first-order valence-corrected chi connectivity index (χ1v) is 12.7. The fraction of sp³-hybridized carbons (Fsp3) is 0.400. The molecule has 6 nitrogen and oxygen atoms in total. The van der Waals surface area contributed by atoms with Crippen LogP contribution in [0.2, 0.25) is 0 Å². The third-order valence-electron chi connectivity index (χ3n) is 7.47. The van der Waals surface area contributed by atoms with Crippen LogP contribution in [0.25, 0.3) is 5.57 Å². The molecule has 1 saturated heterocycles. The second-order valence-electron chi connectivity index (χ2n) is 10.6. The summed E-state index contributed by atoms with van der Waals surface area (Å²) in [7, 11) is 0. The molecule has 0 N–H and O–H groups in total. The van der Waals surface area contributed by atoms with Crippen LogP contribution in [0.4, 0.5) is 10.2 Å². The fourth-order valence-corrected chi connectivity index (χ4v) is 4.96. The predicted molar refractivity (Wildman–Crippen MR) is 146 cm³/mol. The Kier molecular flexibility index (Phi) is 7.18. The minimum Gasteiger partial charge on any atom is -0.352 e. The van der Waals surface area contributed by atoms with Gasteiger partial charge in [0, 0.05) is 42.8 Å². The molecule has 3 heterocycles. The van der Waals surface area contributed by atoms with Gasteiger partial charge in [0.15, 0.2) is 0 Å². The number of rotatable bonds is 4. The van der Waals surface area contributed by atoms with Crippen molar-refractivity contribution in [1.29, 1.82) is 0 Å². The van der Waals surface area contributed by atoms with Gasteiger partial charge in [-0.3, -0.25) is 4.79 Å². The van der Waals surface area contributed by atoms with E-state index in [1.54, 1.807) is 19.2 Å². The molecule has 1 fully saturated rings. The Labute approximate surface area is 219 Å². The Morgan fingerprint density at radius 1 is 1.00 bits per heavy atom. The molecule has 1 amide bonds. The van der Waals surface area contributed by atoms with Gasteiger partial charge in [-0.2, -0.15) is 0 Å². The number of pyridine rings is 1. The van der Waals surface area contributed by atoms with Gasteiger partial charge in [-0.1, -0.05) is 18.2 Å². The van der Waals surface area contributed by atoms with Crippen LogP contribution >= 0.6 is 0 Å². The lowest BCUT2D eigenvalue weighted by atomic mass is 9.96. The Morgan fingerprint density at radius 2 is 1.73 bits per heavy atom. The van der Waals surface area contributed by atoms with Crippen molar-refractivity contribution in [2.45, 2.75) is 60.9 Å². The van der Waals surface area contributed by atoms with Crippen molar-refractivity contribution in [3.05, 3.63) is 87.4 Å². The number of halogens is 1. The smallest absolute Gasteiger partial charge is 0.292 e. The number of anilines is 1. The average molecular weight is 502 g/mol. The number of piperazine rings is 1. The lowest BCUT2D eigenvalue weighted by molar-refractivity contribution is 0.0500. The van der Waals surface area contributed by atoms with Crippen molar-refractivity contribution in [2.75, 3.05) is 24.5 Å². The summed E-state index contributed by atoms with van der Waals surface area (Å²) in [6.07, 6.45) is 3.59. The summed E-state index contributed by atoms with van der Waals surface area (Å²) in [6, 6.07) is 7.30. The zero-order valence-corrected chi connectivity index (χ0v) is 23.1. The highest BCUT2D eigenvalue weighted by Gasteiger charge is 2.38. The summed E-state index contributed by atoms with van der Waals surface area (Å²) in [5, 5.41) is 0. The zero-order valence-electron chi connectivity index (χ0n) is 23.1. The van der Waals surface area contributed by atoms with Crippen LogP contribution in [-0.2, 0) is 0 Å². The van der Waals surface area contributed by atoms with Crippen molar-refractivity contribution in [1.82, 2.24) is 19.9 Å². The highest BCUT2D eigenvalue weighted by molar-refractivity contribution is 5.92. The van der Waals surface area contributed by atoms with Gasteiger partial charge in [-0.15, -0.1) is 0 Å². The maximum absolute atomic E-state index is 14.2. The van der Waals surface area contributed by atoms with Gasteiger partial charge in [0.2, 0.25) is 5.82 Å².